The van der Waals surface area contributed by atoms with E-state index in [-0.39, 0.29) is 12.0 Å². The van der Waals surface area contributed by atoms with Gasteiger partial charge in [0.05, 0.1) is 12.1 Å². The van der Waals surface area contributed by atoms with Crippen molar-refractivity contribution >= 4 is 5.91 Å². The van der Waals surface area contributed by atoms with Crippen molar-refractivity contribution in [2.45, 2.75) is 19.4 Å². The molecule has 0 saturated carbocycles. The Morgan fingerprint density at radius 3 is 2.67 bits per heavy atom. The van der Waals surface area contributed by atoms with E-state index in [0.717, 1.165) is 30.0 Å². The van der Waals surface area contributed by atoms with Crippen molar-refractivity contribution in [1.82, 2.24) is 9.47 Å². The molecule has 1 aromatic heterocycles. The molecular weight excluding hydrogens is 264 g/mol. The van der Waals surface area contributed by atoms with E-state index in [0.29, 0.717) is 6.54 Å². The molecule has 1 fully saturated rings. The first-order valence-electron chi connectivity index (χ1n) is 7.28. The summed E-state index contributed by atoms with van der Waals surface area (Å²) in [6.45, 7) is 3.38. The molecule has 3 rings (SSSR count). The Morgan fingerprint density at radius 1 is 1.24 bits per heavy atom. The highest BCUT2D eigenvalue weighted by Gasteiger charge is 2.29. The lowest BCUT2D eigenvalue weighted by Gasteiger charge is -2.17. The third-order valence-corrected chi connectivity index (χ3v) is 4.09. The minimum atomic E-state index is 0.0837. The molecule has 0 bridgehead atoms. The van der Waals surface area contributed by atoms with Crippen LogP contribution >= 0.6 is 0 Å². The number of ether oxygens (including phenoxy) is 1. The van der Waals surface area contributed by atoms with Crippen molar-refractivity contribution in [2.24, 2.45) is 7.05 Å². The molecule has 1 aliphatic rings. The third-order valence-electron chi connectivity index (χ3n) is 4.09. The van der Waals surface area contributed by atoms with Crippen LogP contribution in [-0.4, -0.2) is 34.6 Å². The molecule has 1 aliphatic heterocycles. The molecule has 0 radical (unpaired) electrons. The van der Waals surface area contributed by atoms with Crippen molar-refractivity contribution in [3.8, 4) is 5.75 Å². The van der Waals surface area contributed by atoms with Crippen LogP contribution in [-0.2, 0) is 7.05 Å². The minimum absolute atomic E-state index is 0.0837. The summed E-state index contributed by atoms with van der Waals surface area (Å²) in [6.07, 6.45) is 2.89. The van der Waals surface area contributed by atoms with Crippen LogP contribution in [0.5, 0.6) is 5.75 Å². The van der Waals surface area contributed by atoms with E-state index in [1.807, 2.05) is 66.0 Å². The molecule has 0 spiro atoms. The highest BCUT2D eigenvalue weighted by Crippen LogP contribution is 2.20. The smallest absolute Gasteiger partial charge is 0.255 e. The lowest BCUT2D eigenvalue weighted by atomic mass is 10.2. The fourth-order valence-electron chi connectivity index (χ4n) is 2.71. The van der Waals surface area contributed by atoms with Gasteiger partial charge in [-0.1, -0.05) is 18.2 Å². The van der Waals surface area contributed by atoms with Gasteiger partial charge >= 0.3 is 0 Å². The third kappa shape index (κ3) is 2.79. The normalized spacial score (nSPS) is 18.0. The maximum Gasteiger partial charge on any atom is 0.255 e. The predicted molar refractivity (Wildman–Crippen MR) is 81.5 cm³/mol. The number of carbonyl (C=O) groups excluding carboxylic acids is 1. The first-order valence-corrected chi connectivity index (χ1v) is 7.28. The predicted octanol–water partition coefficient (Wildman–Crippen LogP) is 2.63. The SMILES string of the molecule is Cc1c(C(=O)N2CCC(Oc3ccccc3)C2)ccn1C. The first-order chi connectivity index (χ1) is 10.1. The molecule has 0 aliphatic carbocycles. The van der Waals surface area contributed by atoms with Crippen molar-refractivity contribution in [2.75, 3.05) is 13.1 Å². The van der Waals surface area contributed by atoms with Crippen LogP contribution in [0.25, 0.3) is 0 Å². The van der Waals surface area contributed by atoms with E-state index in [9.17, 15) is 4.79 Å². The summed E-state index contributed by atoms with van der Waals surface area (Å²) in [4.78, 5) is 14.4. The molecule has 2 aromatic rings. The van der Waals surface area contributed by atoms with Crippen molar-refractivity contribution in [3.05, 3.63) is 53.9 Å². The Hall–Kier alpha value is -2.23. The number of benzene rings is 1. The van der Waals surface area contributed by atoms with Crippen molar-refractivity contribution < 1.29 is 9.53 Å². The van der Waals surface area contributed by atoms with Gasteiger partial charge in [0.1, 0.15) is 11.9 Å². The van der Waals surface area contributed by atoms with Crippen LogP contribution in [0.4, 0.5) is 0 Å². The summed E-state index contributed by atoms with van der Waals surface area (Å²) in [5.41, 5.74) is 1.80. The molecular formula is C17H20N2O2. The molecule has 1 amide bonds. The number of aryl methyl sites for hydroxylation is 1. The van der Waals surface area contributed by atoms with Crippen LogP contribution in [0.3, 0.4) is 0 Å². The van der Waals surface area contributed by atoms with Crippen LogP contribution in [0.1, 0.15) is 22.5 Å². The van der Waals surface area contributed by atoms with E-state index in [1.165, 1.54) is 0 Å². The van der Waals surface area contributed by atoms with Gasteiger partial charge in [0.2, 0.25) is 0 Å². The van der Waals surface area contributed by atoms with E-state index in [1.54, 1.807) is 0 Å². The summed E-state index contributed by atoms with van der Waals surface area (Å²) >= 11 is 0. The summed E-state index contributed by atoms with van der Waals surface area (Å²) in [5, 5.41) is 0. The van der Waals surface area contributed by atoms with E-state index >= 15 is 0 Å². The van der Waals surface area contributed by atoms with Gasteiger partial charge in [-0.25, -0.2) is 0 Å². The number of para-hydroxylation sites is 1. The van der Waals surface area contributed by atoms with Gasteiger partial charge in [-0.2, -0.15) is 0 Å². The molecule has 1 saturated heterocycles. The van der Waals surface area contributed by atoms with Gasteiger partial charge in [0.25, 0.3) is 5.91 Å². The summed E-state index contributed by atoms with van der Waals surface area (Å²) in [6, 6.07) is 11.7. The maximum atomic E-state index is 12.5. The molecule has 1 aromatic carbocycles. The highest BCUT2D eigenvalue weighted by atomic mass is 16.5. The molecule has 0 N–H and O–H groups in total. The maximum absolute atomic E-state index is 12.5. The van der Waals surface area contributed by atoms with Gasteiger partial charge < -0.3 is 14.2 Å². The van der Waals surface area contributed by atoms with Gasteiger partial charge in [0, 0.05) is 31.9 Å². The number of hydrogen-bond acceptors (Lipinski definition) is 2. The average Bonchev–Trinajstić information content (AvgIpc) is 3.08. The van der Waals surface area contributed by atoms with E-state index in [4.69, 9.17) is 4.74 Å². The molecule has 110 valence electrons. The number of rotatable bonds is 3. The van der Waals surface area contributed by atoms with Crippen LogP contribution in [0.2, 0.25) is 0 Å². The van der Waals surface area contributed by atoms with Crippen molar-refractivity contribution in [3.63, 3.8) is 0 Å². The van der Waals surface area contributed by atoms with E-state index in [2.05, 4.69) is 0 Å². The second-order valence-electron chi connectivity index (χ2n) is 5.52. The van der Waals surface area contributed by atoms with E-state index < -0.39 is 0 Å². The zero-order valence-electron chi connectivity index (χ0n) is 12.5. The number of amides is 1. The monoisotopic (exact) mass is 284 g/mol. The largest absolute Gasteiger partial charge is 0.489 e. The molecule has 1 atom stereocenters. The standard InChI is InChI=1S/C17H20N2O2/c1-13-16(9-10-18(13)2)17(20)19-11-8-15(12-19)21-14-6-4-3-5-7-14/h3-7,9-10,15H,8,11-12H2,1-2H3. The van der Waals surface area contributed by atoms with Crippen LogP contribution in [0, 0.1) is 6.92 Å². The Kier molecular flexibility index (Phi) is 3.69. The summed E-state index contributed by atoms with van der Waals surface area (Å²) < 4.78 is 7.90. The second-order valence-corrected chi connectivity index (χ2v) is 5.52. The van der Waals surface area contributed by atoms with Gasteiger partial charge in [0.15, 0.2) is 0 Å². The zero-order chi connectivity index (χ0) is 14.8. The number of likely N-dealkylation sites (tertiary alicyclic amines) is 1. The zero-order valence-corrected chi connectivity index (χ0v) is 12.5. The number of hydrogen-bond donors (Lipinski definition) is 0. The topological polar surface area (TPSA) is 34.5 Å². The summed E-state index contributed by atoms with van der Waals surface area (Å²) in [7, 11) is 1.96. The van der Waals surface area contributed by atoms with Gasteiger partial charge in [-0.05, 0) is 25.1 Å². The Labute approximate surface area is 124 Å². The average molecular weight is 284 g/mol. The Bertz CT molecular complexity index is 633. The van der Waals surface area contributed by atoms with Gasteiger partial charge in [-0.3, -0.25) is 4.79 Å². The fourth-order valence-corrected chi connectivity index (χ4v) is 2.71. The molecule has 21 heavy (non-hydrogen) atoms. The lowest BCUT2D eigenvalue weighted by molar-refractivity contribution is 0.0771. The molecule has 4 nitrogen and oxygen atoms in total. The summed E-state index contributed by atoms with van der Waals surface area (Å²) in [5.74, 6) is 0.972. The quantitative estimate of drug-likeness (QED) is 0.868. The molecule has 2 heterocycles. The fraction of sp³-hybridized carbons (Fsp3) is 0.353. The number of carbonyl (C=O) groups is 1. The van der Waals surface area contributed by atoms with Crippen LogP contribution < -0.4 is 4.74 Å². The highest BCUT2D eigenvalue weighted by molar-refractivity contribution is 5.95. The molecule has 1 unspecified atom stereocenters. The lowest BCUT2D eigenvalue weighted by Crippen LogP contribution is -2.31. The number of aromatic nitrogens is 1. The van der Waals surface area contributed by atoms with Crippen LogP contribution in [0.15, 0.2) is 42.6 Å². The van der Waals surface area contributed by atoms with Crippen molar-refractivity contribution in [1.29, 1.82) is 0 Å². The first kappa shape index (κ1) is 13.7. The minimum Gasteiger partial charge on any atom is -0.489 e. The Balaban J connectivity index is 1.64. The Morgan fingerprint density at radius 2 is 2.00 bits per heavy atom. The molecule has 4 heteroatoms. The number of nitrogens with zero attached hydrogens (tertiary/aromatic N) is 2. The van der Waals surface area contributed by atoms with Gasteiger partial charge in [-0.15, -0.1) is 0 Å². The second kappa shape index (κ2) is 5.64.